The predicted molar refractivity (Wildman–Crippen MR) is 111 cm³/mol. The highest BCUT2D eigenvalue weighted by molar-refractivity contribution is 5.97. The normalized spacial score (nSPS) is 16.6. The van der Waals surface area contributed by atoms with E-state index in [-0.39, 0.29) is 23.9 Å². The summed E-state index contributed by atoms with van der Waals surface area (Å²) in [6.45, 7) is 1.62. The van der Waals surface area contributed by atoms with E-state index >= 15 is 0 Å². The second kappa shape index (κ2) is 8.49. The molecule has 3 aromatic rings. The average Bonchev–Trinajstić information content (AvgIpc) is 2.75. The maximum absolute atomic E-state index is 14.4. The Balaban J connectivity index is 1.61. The number of carbonyl (C=O) groups excluding carboxylic acids is 1. The van der Waals surface area contributed by atoms with Gasteiger partial charge in [0.15, 0.2) is 11.6 Å². The van der Waals surface area contributed by atoms with Crippen LogP contribution in [0.2, 0.25) is 0 Å². The Morgan fingerprint density at radius 1 is 1.17 bits per heavy atom. The van der Waals surface area contributed by atoms with Gasteiger partial charge in [-0.2, -0.15) is 0 Å². The zero-order chi connectivity index (χ0) is 20.2. The van der Waals surface area contributed by atoms with Crippen LogP contribution in [0, 0.1) is 5.82 Å². The highest BCUT2D eigenvalue weighted by Crippen LogP contribution is 2.25. The summed E-state index contributed by atoms with van der Waals surface area (Å²) in [5.41, 5.74) is 9.08. The molecule has 1 aliphatic heterocycles. The van der Waals surface area contributed by atoms with Crippen LogP contribution in [0.3, 0.4) is 0 Å². The summed E-state index contributed by atoms with van der Waals surface area (Å²) in [7, 11) is 0. The van der Waals surface area contributed by atoms with Crippen molar-refractivity contribution in [3.8, 4) is 11.3 Å². The maximum atomic E-state index is 14.4. The molecule has 0 radical (unpaired) electrons. The molecule has 0 spiro atoms. The summed E-state index contributed by atoms with van der Waals surface area (Å²) in [5.74, 6) is -0.976. The van der Waals surface area contributed by atoms with Crippen LogP contribution in [0.1, 0.15) is 28.9 Å². The molecule has 1 fully saturated rings. The molecular formula is C23H23FN4O. The molecule has 1 atom stereocenters. The molecule has 6 heteroatoms. The van der Waals surface area contributed by atoms with Crippen LogP contribution in [0.4, 0.5) is 10.1 Å². The van der Waals surface area contributed by atoms with Gasteiger partial charge in [-0.1, -0.05) is 30.3 Å². The van der Waals surface area contributed by atoms with Crippen LogP contribution in [0.5, 0.6) is 0 Å². The van der Waals surface area contributed by atoms with Crippen molar-refractivity contribution in [2.45, 2.75) is 25.3 Å². The number of carbonyl (C=O) groups is 1. The minimum absolute atomic E-state index is 0.0388. The number of pyridine rings is 2. The van der Waals surface area contributed by atoms with Crippen molar-refractivity contribution < 1.29 is 9.18 Å². The van der Waals surface area contributed by atoms with Crippen molar-refractivity contribution in [3.63, 3.8) is 0 Å². The Bertz CT molecular complexity index is 1010. The number of ketones is 1. The highest BCUT2D eigenvalue weighted by Gasteiger charge is 2.22. The maximum Gasteiger partial charge on any atom is 0.188 e. The number of piperidine rings is 1. The predicted octanol–water partition coefficient (Wildman–Crippen LogP) is 3.64. The summed E-state index contributed by atoms with van der Waals surface area (Å²) >= 11 is 0. The Hall–Kier alpha value is -3.12. The third-order valence-electron chi connectivity index (χ3n) is 5.21. The van der Waals surface area contributed by atoms with E-state index < -0.39 is 5.82 Å². The van der Waals surface area contributed by atoms with Crippen molar-refractivity contribution in [1.29, 1.82) is 0 Å². The molecule has 5 nitrogen and oxygen atoms in total. The second-order valence-electron chi connectivity index (χ2n) is 7.35. The first-order valence-electron chi connectivity index (χ1n) is 9.80. The van der Waals surface area contributed by atoms with Crippen molar-refractivity contribution in [1.82, 2.24) is 9.97 Å². The van der Waals surface area contributed by atoms with E-state index in [9.17, 15) is 9.18 Å². The van der Waals surface area contributed by atoms with E-state index in [2.05, 4.69) is 14.9 Å². The zero-order valence-electron chi connectivity index (χ0n) is 16.1. The summed E-state index contributed by atoms with van der Waals surface area (Å²) in [6.07, 6.45) is 5.42. The molecule has 1 aliphatic rings. The van der Waals surface area contributed by atoms with Crippen molar-refractivity contribution in [2.75, 3.05) is 18.0 Å². The van der Waals surface area contributed by atoms with Crippen LogP contribution in [-0.2, 0) is 6.42 Å². The number of nitrogens with zero attached hydrogens (tertiary/aromatic N) is 3. The first-order chi connectivity index (χ1) is 14.1. The van der Waals surface area contributed by atoms with Gasteiger partial charge in [-0.25, -0.2) is 9.37 Å². The van der Waals surface area contributed by atoms with Gasteiger partial charge in [0.25, 0.3) is 0 Å². The topological polar surface area (TPSA) is 72.1 Å². The number of rotatable bonds is 5. The molecule has 0 bridgehead atoms. The molecule has 0 aliphatic carbocycles. The number of Topliss-reactive ketones (excluding diaryl/α,β-unsaturated/α-hetero) is 1. The molecule has 0 unspecified atom stereocenters. The first-order valence-corrected chi connectivity index (χ1v) is 9.80. The smallest absolute Gasteiger partial charge is 0.188 e. The van der Waals surface area contributed by atoms with Crippen LogP contribution in [0.15, 0.2) is 60.9 Å². The minimum Gasteiger partial charge on any atom is -0.370 e. The molecule has 3 heterocycles. The van der Waals surface area contributed by atoms with Crippen LogP contribution in [-0.4, -0.2) is 34.9 Å². The van der Waals surface area contributed by atoms with E-state index in [1.165, 1.54) is 6.07 Å². The van der Waals surface area contributed by atoms with Crippen molar-refractivity contribution in [3.05, 3.63) is 78.0 Å². The molecule has 1 saturated heterocycles. The van der Waals surface area contributed by atoms with Crippen LogP contribution in [0.25, 0.3) is 11.3 Å². The van der Waals surface area contributed by atoms with E-state index in [1.807, 2.05) is 36.4 Å². The Labute approximate surface area is 169 Å². The standard InChI is InChI=1S/C23H23FN4O/c24-19-8-9-20(16-5-2-1-3-6-16)27-23(19)22(29)13-17-14-26-11-10-21(17)28-12-4-7-18(25)15-28/h1-3,5-6,8-11,14,18H,4,7,12-13,15,25H2/t18-/m0/s1. The first kappa shape index (κ1) is 19.2. The summed E-state index contributed by atoms with van der Waals surface area (Å²) in [5, 5.41) is 0. The third kappa shape index (κ3) is 4.32. The molecule has 0 amide bonds. The van der Waals surface area contributed by atoms with Gasteiger partial charge in [0, 0.05) is 54.8 Å². The minimum atomic E-state index is -0.611. The van der Waals surface area contributed by atoms with Crippen molar-refractivity contribution in [2.24, 2.45) is 5.73 Å². The van der Waals surface area contributed by atoms with Gasteiger partial charge in [0.1, 0.15) is 5.69 Å². The fraction of sp³-hybridized carbons (Fsp3) is 0.261. The van der Waals surface area contributed by atoms with Gasteiger partial charge in [-0.15, -0.1) is 0 Å². The quantitative estimate of drug-likeness (QED) is 0.674. The molecule has 2 N–H and O–H groups in total. The molecule has 2 aromatic heterocycles. The molecule has 29 heavy (non-hydrogen) atoms. The lowest BCUT2D eigenvalue weighted by atomic mass is 10.0. The lowest BCUT2D eigenvalue weighted by Crippen LogP contribution is -2.43. The Kier molecular flexibility index (Phi) is 5.62. The molecule has 0 saturated carbocycles. The number of anilines is 1. The molecule has 4 rings (SSSR count). The molecule has 148 valence electrons. The lowest BCUT2D eigenvalue weighted by Gasteiger charge is -2.33. The largest absolute Gasteiger partial charge is 0.370 e. The zero-order valence-corrected chi connectivity index (χ0v) is 16.1. The van der Waals surface area contributed by atoms with E-state index in [0.29, 0.717) is 5.69 Å². The van der Waals surface area contributed by atoms with Crippen LogP contribution < -0.4 is 10.6 Å². The summed E-state index contributed by atoms with van der Waals surface area (Å²) in [6, 6.07) is 14.3. The number of aromatic nitrogens is 2. The number of hydrogen-bond donors (Lipinski definition) is 1. The monoisotopic (exact) mass is 390 g/mol. The highest BCUT2D eigenvalue weighted by atomic mass is 19.1. The Morgan fingerprint density at radius 2 is 2.00 bits per heavy atom. The van der Waals surface area contributed by atoms with Gasteiger partial charge in [-0.05, 0) is 31.0 Å². The molecular weight excluding hydrogens is 367 g/mol. The fourth-order valence-electron chi connectivity index (χ4n) is 3.76. The number of nitrogens with two attached hydrogens (primary N) is 1. The summed E-state index contributed by atoms with van der Waals surface area (Å²) in [4.78, 5) is 23.6. The average molecular weight is 390 g/mol. The van der Waals surface area contributed by atoms with Gasteiger partial charge >= 0.3 is 0 Å². The Morgan fingerprint density at radius 3 is 2.79 bits per heavy atom. The number of benzene rings is 1. The summed E-state index contributed by atoms with van der Waals surface area (Å²) < 4.78 is 14.4. The third-order valence-corrected chi connectivity index (χ3v) is 5.21. The van der Waals surface area contributed by atoms with Gasteiger partial charge in [0.05, 0.1) is 5.69 Å². The second-order valence-corrected chi connectivity index (χ2v) is 7.35. The van der Waals surface area contributed by atoms with Gasteiger partial charge in [0.2, 0.25) is 0 Å². The number of halogens is 1. The SMILES string of the molecule is N[C@H]1CCCN(c2ccncc2CC(=O)c2nc(-c3ccccc3)ccc2F)C1. The van der Waals surface area contributed by atoms with E-state index in [0.717, 1.165) is 42.7 Å². The van der Waals surface area contributed by atoms with E-state index in [1.54, 1.807) is 18.5 Å². The van der Waals surface area contributed by atoms with Gasteiger partial charge < -0.3 is 10.6 Å². The van der Waals surface area contributed by atoms with E-state index in [4.69, 9.17) is 5.73 Å². The van der Waals surface area contributed by atoms with Crippen LogP contribution >= 0.6 is 0 Å². The van der Waals surface area contributed by atoms with Crippen molar-refractivity contribution >= 4 is 11.5 Å². The fourth-order valence-corrected chi connectivity index (χ4v) is 3.76. The molecule has 1 aromatic carbocycles. The number of hydrogen-bond acceptors (Lipinski definition) is 5. The van der Waals surface area contributed by atoms with Gasteiger partial charge in [-0.3, -0.25) is 9.78 Å². The lowest BCUT2D eigenvalue weighted by molar-refractivity contribution is 0.0984.